The Morgan fingerprint density at radius 3 is 2.76 bits per heavy atom. The van der Waals surface area contributed by atoms with Gasteiger partial charge in [-0.05, 0) is 12.1 Å². The third-order valence-electron chi connectivity index (χ3n) is 2.95. The van der Waals surface area contributed by atoms with Crippen LogP contribution in [0.5, 0.6) is 5.75 Å². The average Bonchev–Trinajstić information content (AvgIpc) is 2.24. The average molecular weight is 306 g/mol. The molecule has 17 heavy (non-hydrogen) atoms. The van der Waals surface area contributed by atoms with Crippen molar-refractivity contribution in [2.45, 2.75) is 31.4 Å². The highest BCUT2D eigenvalue weighted by Crippen LogP contribution is 2.38. The Morgan fingerprint density at radius 2 is 2.18 bits per heavy atom. The fourth-order valence-electron chi connectivity index (χ4n) is 1.95. The molecule has 0 aliphatic heterocycles. The Balaban J connectivity index is 1.95. The van der Waals surface area contributed by atoms with E-state index in [9.17, 15) is 8.78 Å². The summed E-state index contributed by atoms with van der Waals surface area (Å²) in [6.45, 7) is 0.533. The maximum absolute atomic E-state index is 12.7. The van der Waals surface area contributed by atoms with E-state index in [0.717, 1.165) is 15.8 Å². The maximum atomic E-state index is 12.7. The minimum Gasteiger partial charge on any atom is -0.496 e. The molecule has 0 atom stereocenters. The zero-order valence-electron chi connectivity index (χ0n) is 9.47. The molecular formula is C12H14BrF2NO. The molecule has 0 amide bonds. The van der Waals surface area contributed by atoms with Crippen molar-refractivity contribution in [1.29, 1.82) is 0 Å². The van der Waals surface area contributed by atoms with Gasteiger partial charge in [0.15, 0.2) is 0 Å². The first-order chi connectivity index (χ1) is 8.02. The summed E-state index contributed by atoms with van der Waals surface area (Å²) in [6, 6.07) is 5.55. The molecule has 0 bridgehead atoms. The highest BCUT2D eigenvalue weighted by atomic mass is 79.9. The lowest BCUT2D eigenvalue weighted by atomic mass is 9.88. The normalized spacial score (nSPS) is 18.8. The molecule has 0 unspecified atom stereocenters. The zero-order valence-corrected chi connectivity index (χ0v) is 11.1. The van der Waals surface area contributed by atoms with Crippen LogP contribution in [0.15, 0.2) is 22.7 Å². The second kappa shape index (κ2) is 4.90. The van der Waals surface area contributed by atoms with Gasteiger partial charge < -0.3 is 10.1 Å². The quantitative estimate of drug-likeness (QED) is 0.921. The molecule has 5 heteroatoms. The van der Waals surface area contributed by atoms with Gasteiger partial charge in [0.25, 0.3) is 5.92 Å². The van der Waals surface area contributed by atoms with Crippen molar-refractivity contribution in [1.82, 2.24) is 5.32 Å². The highest BCUT2D eigenvalue weighted by molar-refractivity contribution is 9.10. The maximum Gasteiger partial charge on any atom is 0.251 e. The van der Waals surface area contributed by atoms with Crippen LogP contribution in [-0.4, -0.2) is 19.1 Å². The van der Waals surface area contributed by atoms with Gasteiger partial charge in [0.2, 0.25) is 0 Å². The molecule has 0 radical (unpaired) electrons. The molecule has 2 nitrogen and oxygen atoms in total. The molecule has 1 N–H and O–H groups in total. The van der Waals surface area contributed by atoms with Crippen LogP contribution in [0, 0.1) is 0 Å². The van der Waals surface area contributed by atoms with E-state index >= 15 is 0 Å². The van der Waals surface area contributed by atoms with E-state index in [4.69, 9.17) is 4.74 Å². The number of hydrogen-bond donors (Lipinski definition) is 1. The summed E-state index contributed by atoms with van der Waals surface area (Å²) in [7, 11) is 1.60. The van der Waals surface area contributed by atoms with E-state index in [1.807, 2.05) is 18.2 Å². The van der Waals surface area contributed by atoms with Gasteiger partial charge in [-0.1, -0.05) is 22.0 Å². The largest absolute Gasteiger partial charge is 0.496 e. The Bertz CT molecular complexity index is 403. The molecule has 1 aliphatic rings. The van der Waals surface area contributed by atoms with Crippen molar-refractivity contribution in [3.8, 4) is 5.75 Å². The first-order valence-electron chi connectivity index (χ1n) is 5.44. The summed E-state index contributed by atoms with van der Waals surface area (Å²) >= 11 is 3.43. The molecule has 94 valence electrons. The van der Waals surface area contributed by atoms with Crippen LogP contribution in [0.2, 0.25) is 0 Å². The minimum atomic E-state index is -2.48. The van der Waals surface area contributed by atoms with E-state index in [1.165, 1.54) is 0 Å². The van der Waals surface area contributed by atoms with Gasteiger partial charge in [0, 0.05) is 35.5 Å². The molecule has 0 spiro atoms. The van der Waals surface area contributed by atoms with E-state index in [2.05, 4.69) is 21.2 Å². The molecule has 2 rings (SSSR count). The zero-order chi connectivity index (χ0) is 12.5. The molecule has 1 saturated carbocycles. The molecule has 1 fully saturated rings. The molecule has 0 heterocycles. The third-order valence-corrected chi connectivity index (χ3v) is 3.70. The molecule has 1 aromatic carbocycles. The molecule has 0 saturated heterocycles. The van der Waals surface area contributed by atoms with E-state index in [-0.39, 0.29) is 18.9 Å². The van der Waals surface area contributed by atoms with Gasteiger partial charge in [-0.15, -0.1) is 0 Å². The van der Waals surface area contributed by atoms with E-state index < -0.39 is 5.92 Å². The number of alkyl halides is 2. The van der Waals surface area contributed by atoms with E-state index in [1.54, 1.807) is 7.11 Å². The highest BCUT2D eigenvalue weighted by Gasteiger charge is 2.44. The summed E-state index contributed by atoms with van der Waals surface area (Å²) in [6.07, 6.45) is -0.139. The van der Waals surface area contributed by atoms with Crippen LogP contribution in [0.3, 0.4) is 0 Å². The van der Waals surface area contributed by atoms with Crippen molar-refractivity contribution >= 4 is 15.9 Å². The van der Waals surface area contributed by atoms with Crippen molar-refractivity contribution in [3.63, 3.8) is 0 Å². The number of benzene rings is 1. The van der Waals surface area contributed by atoms with Gasteiger partial charge in [0.05, 0.1) is 7.11 Å². The van der Waals surface area contributed by atoms with Crippen LogP contribution in [-0.2, 0) is 6.54 Å². The SMILES string of the molecule is COc1cccc(Br)c1CNC1CC(F)(F)C1. The first-order valence-corrected chi connectivity index (χ1v) is 6.24. The van der Waals surface area contributed by atoms with Crippen molar-refractivity contribution in [2.75, 3.05) is 7.11 Å². The Labute approximate surface area is 107 Å². The number of rotatable bonds is 4. The summed E-state index contributed by atoms with van der Waals surface area (Å²) in [5, 5.41) is 3.12. The van der Waals surface area contributed by atoms with Crippen molar-refractivity contribution < 1.29 is 13.5 Å². The summed E-state index contributed by atoms with van der Waals surface area (Å²) in [5.74, 6) is -1.71. The fourth-order valence-corrected chi connectivity index (χ4v) is 2.44. The Morgan fingerprint density at radius 1 is 1.47 bits per heavy atom. The number of halogens is 3. The number of nitrogens with one attached hydrogen (secondary N) is 1. The second-order valence-electron chi connectivity index (χ2n) is 4.26. The standard InChI is InChI=1S/C12H14BrF2NO/c1-17-11-4-2-3-10(13)9(11)7-16-8-5-12(14,15)6-8/h2-4,8,16H,5-7H2,1H3. The number of ether oxygens (including phenoxy) is 1. The van der Waals surface area contributed by atoms with Gasteiger partial charge in [-0.3, -0.25) is 0 Å². The van der Waals surface area contributed by atoms with Crippen LogP contribution >= 0.6 is 15.9 Å². The third kappa shape index (κ3) is 2.96. The van der Waals surface area contributed by atoms with Crippen molar-refractivity contribution in [2.24, 2.45) is 0 Å². The molecule has 0 aromatic heterocycles. The lowest BCUT2D eigenvalue weighted by molar-refractivity contribution is -0.0930. The van der Waals surface area contributed by atoms with E-state index in [0.29, 0.717) is 6.54 Å². The molecule has 1 aliphatic carbocycles. The van der Waals surface area contributed by atoms with Crippen LogP contribution < -0.4 is 10.1 Å². The predicted molar refractivity (Wildman–Crippen MR) is 65.5 cm³/mol. The van der Waals surface area contributed by atoms with Gasteiger partial charge in [-0.25, -0.2) is 8.78 Å². The van der Waals surface area contributed by atoms with Crippen LogP contribution in [0.1, 0.15) is 18.4 Å². The van der Waals surface area contributed by atoms with Crippen molar-refractivity contribution in [3.05, 3.63) is 28.2 Å². The predicted octanol–water partition coefficient (Wildman–Crippen LogP) is 3.35. The Hall–Kier alpha value is -0.680. The second-order valence-corrected chi connectivity index (χ2v) is 5.12. The monoisotopic (exact) mass is 305 g/mol. The van der Waals surface area contributed by atoms with Gasteiger partial charge in [0.1, 0.15) is 5.75 Å². The lowest BCUT2D eigenvalue weighted by Crippen LogP contribution is -2.48. The molecular weight excluding hydrogens is 292 g/mol. The lowest BCUT2D eigenvalue weighted by Gasteiger charge is -2.35. The fraction of sp³-hybridized carbons (Fsp3) is 0.500. The smallest absolute Gasteiger partial charge is 0.251 e. The summed E-state index contributed by atoms with van der Waals surface area (Å²) in [4.78, 5) is 0. The summed E-state index contributed by atoms with van der Waals surface area (Å²) < 4.78 is 31.5. The van der Waals surface area contributed by atoms with Crippen LogP contribution in [0.4, 0.5) is 8.78 Å². The van der Waals surface area contributed by atoms with Crippen LogP contribution in [0.25, 0.3) is 0 Å². The topological polar surface area (TPSA) is 21.3 Å². The summed E-state index contributed by atoms with van der Waals surface area (Å²) in [5.41, 5.74) is 0.963. The minimum absolute atomic E-state index is 0.0697. The first kappa shape index (κ1) is 12.8. The Kier molecular flexibility index (Phi) is 3.68. The number of methoxy groups -OCH3 is 1. The van der Waals surface area contributed by atoms with Gasteiger partial charge in [-0.2, -0.15) is 0 Å². The number of hydrogen-bond acceptors (Lipinski definition) is 2. The molecule has 1 aromatic rings. The van der Waals surface area contributed by atoms with Gasteiger partial charge >= 0.3 is 0 Å².